The van der Waals surface area contributed by atoms with Crippen LogP contribution in [0.15, 0.2) is 28.9 Å². The molecule has 1 heterocycles. The van der Waals surface area contributed by atoms with E-state index < -0.39 is 0 Å². The van der Waals surface area contributed by atoms with Crippen molar-refractivity contribution < 1.29 is 19.0 Å². The Hall–Kier alpha value is -1.86. The molecule has 27 heavy (non-hydrogen) atoms. The van der Waals surface area contributed by atoms with Gasteiger partial charge in [0.25, 0.3) is 0 Å². The van der Waals surface area contributed by atoms with Gasteiger partial charge in [-0.25, -0.2) is 4.79 Å². The summed E-state index contributed by atoms with van der Waals surface area (Å²) in [6.45, 7) is 2.75. The van der Waals surface area contributed by atoms with E-state index in [1.165, 1.54) is 0 Å². The number of hydrogen-bond donors (Lipinski definition) is 1. The molecule has 2 aromatic rings. The average molecular weight is 437 g/mol. The van der Waals surface area contributed by atoms with Gasteiger partial charge in [-0.3, -0.25) is 5.10 Å². The number of aromatic nitrogens is 2. The zero-order valence-corrected chi connectivity index (χ0v) is 17.3. The van der Waals surface area contributed by atoms with Gasteiger partial charge in [-0.1, -0.05) is 12.1 Å². The van der Waals surface area contributed by atoms with E-state index in [2.05, 4.69) is 26.1 Å². The molecular weight excluding hydrogens is 412 g/mol. The van der Waals surface area contributed by atoms with Crippen LogP contribution in [-0.2, 0) is 16.1 Å². The highest BCUT2D eigenvalue weighted by atomic mass is 79.9. The lowest BCUT2D eigenvalue weighted by Gasteiger charge is -2.28. The zero-order chi connectivity index (χ0) is 19.2. The van der Waals surface area contributed by atoms with Crippen LogP contribution in [0.25, 0.3) is 0 Å². The van der Waals surface area contributed by atoms with Gasteiger partial charge in [0.1, 0.15) is 16.0 Å². The second-order valence-corrected chi connectivity index (χ2v) is 7.41. The van der Waals surface area contributed by atoms with Gasteiger partial charge in [-0.15, -0.1) is 0 Å². The average Bonchev–Trinajstić information content (AvgIpc) is 3.09. The molecule has 0 bridgehead atoms. The van der Waals surface area contributed by atoms with Gasteiger partial charge in [0.2, 0.25) is 0 Å². The maximum Gasteiger partial charge on any atom is 0.356 e. The van der Waals surface area contributed by atoms with Gasteiger partial charge in [-0.2, -0.15) is 5.10 Å². The van der Waals surface area contributed by atoms with Crippen LogP contribution >= 0.6 is 15.9 Å². The molecule has 0 saturated heterocycles. The quantitative estimate of drug-likeness (QED) is 0.641. The smallest absolute Gasteiger partial charge is 0.356 e. The number of halogens is 1. The van der Waals surface area contributed by atoms with E-state index in [0.29, 0.717) is 23.5 Å². The lowest BCUT2D eigenvalue weighted by Crippen LogP contribution is -2.22. The van der Waals surface area contributed by atoms with Crippen molar-refractivity contribution in [3.8, 4) is 5.75 Å². The van der Waals surface area contributed by atoms with Crippen LogP contribution in [0.2, 0.25) is 0 Å². The Kier molecular flexibility index (Phi) is 6.90. The molecule has 146 valence electrons. The molecule has 1 aromatic carbocycles. The summed E-state index contributed by atoms with van der Waals surface area (Å²) in [5.74, 6) is 0.782. The molecular formula is C20H25BrN2O4. The predicted molar refractivity (Wildman–Crippen MR) is 105 cm³/mol. The maximum absolute atomic E-state index is 12.1. The Labute approximate surface area is 167 Å². The third-order valence-corrected chi connectivity index (χ3v) is 5.57. The summed E-state index contributed by atoms with van der Waals surface area (Å²) in [7, 11) is 1.66. The van der Waals surface area contributed by atoms with Crippen LogP contribution in [0.1, 0.15) is 60.1 Å². The van der Waals surface area contributed by atoms with E-state index in [1.807, 2.05) is 24.3 Å². The molecule has 1 saturated carbocycles. The number of benzene rings is 1. The predicted octanol–water partition coefficient (Wildman–Crippen LogP) is 4.60. The van der Waals surface area contributed by atoms with Crippen LogP contribution in [-0.4, -0.2) is 36.0 Å². The summed E-state index contributed by atoms with van der Waals surface area (Å²) in [5, 5.41) is 6.96. The number of H-pyrrole nitrogens is 1. The summed E-state index contributed by atoms with van der Waals surface area (Å²) in [6.07, 6.45) is 4.07. The van der Waals surface area contributed by atoms with E-state index in [-0.39, 0.29) is 18.0 Å². The molecule has 0 amide bonds. The molecule has 3 rings (SSSR count). The highest BCUT2D eigenvalue weighted by Crippen LogP contribution is 2.38. The Morgan fingerprint density at radius 3 is 2.56 bits per heavy atom. The minimum atomic E-state index is -0.344. The van der Waals surface area contributed by atoms with Gasteiger partial charge < -0.3 is 14.2 Å². The number of carbonyl (C=O) groups is 1. The number of nitrogens with zero attached hydrogens (tertiary/aromatic N) is 1. The van der Waals surface area contributed by atoms with E-state index in [1.54, 1.807) is 14.0 Å². The summed E-state index contributed by atoms with van der Waals surface area (Å²) >= 11 is 3.47. The van der Waals surface area contributed by atoms with Gasteiger partial charge in [0, 0.05) is 5.56 Å². The Bertz CT molecular complexity index is 752. The molecule has 1 N–H and O–H groups in total. The highest BCUT2D eigenvalue weighted by Gasteiger charge is 2.30. The topological polar surface area (TPSA) is 73.4 Å². The Balaban J connectivity index is 1.54. The first-order valence-corrected chi connectivity index (χ1v) is 10.1. The first-order valence-electron chi connectivity index (χ1n) is 9.27. The van der Waals surface area contributed by atoms with E-state index >= 15 is 0 Å². The standard InChI is InChI=1S/C20H25BrN2O4/c1-3-26-20(24)18-17(19(21)23-22-18)14-6-10-16(11-7-14)27-12-13-4-8-15(25-2)9-5-13/h4-5,8-9,14,16H,3,6-7,10-12H2,1-2H3,(H,22,23). The molecule has 1 aliphatic carbocycles. The van der Waals surface area contributed by atoms with Crippen LogP contribution in [0.5, 0.6) is 5.75 Å². The number of nitrogens with one attached hydrogen (secondary N) is 1. The second kappa shape index (κ2) is 9.37. The monoisotopic (exact) mass is 436 g/mol. The number of esters is 1. The van der Waals surface area contributed by atoms with E-state index in [0.717, 1.165) is 42.6 Å². The number of carbonyl (C=O) groups excluding carboxylic acids is 1. The van der Waals surface area contributed by atoms with Gasteiger partial charge in [0.05, 0.1) is 26.4 Å². The third kappa shape index (κ3) is 4.90. The molecule has 0 atom stereocenters. The zero-order valence-electron chi connectivity index (χ0n) is 15.7. The van der Waals surface area contributed by atoms with Crippen molar-refractivity contribution in [1.29, 1.82) is 0 Å². The molecule has 0 aliphatic heterocycles. The normalized spacial score (nSPS) is 19.7. The molecule has 0 unspecified atom stereocenters. The molecule has 1 aliphatic rings. The second-order valence-electron chi connectivity index (χ2n) is 6.66. The molecule has 1 fully saturated rings. The van der Waals surface area contributed by atoms with Crippen molar-refractivity contribution in [3.05, 3.63) is 45.7 Å². The summed E-state index contributed by atoms with van der Waals surface area (Å²) in [6, 6.07) is 7.95. The minimum absolute atomic E-state index is 0.236. The van der Waals surface area contributed by atoms with Crippen molar-refractivity contribution in [2.75, 3.05) is 13.7 Å². The van der Waals surface area contributed by atoms with Crippen LogP contribution in [0.3, 0.4) is 0 Å². The van der Waals surface area contributed by atoms with E-state index in [4.69, 9.17) is 14.2 Å². The Morgan fingerprint density at radius 2 is 1.93 bits per heavy atom. The van der Waals surface area contributed by atoms with Crippen molar-refractivity contribution in [1.82, 2.24) is 10.2 Å². The van der Waals surface area contributed by atoms with Crippen LogP contribution < -0.4 is 4.74 Å². The van der Waals surface area contributed by atoms with Crippen molar-refractivity contribution in [3.63, 3.8) is 0 Å². The largest absolute Gasteiger partial charge is 0.497 e. The molecule has 1 aromatic heterocycles. The number of methoxy groups -OCH3 is 1. The number of aromatic amines is 1. The highest BCUT2D eigenvalue weighted by molar-refractivity contribution is 9.10. The van der Waals surface area contributed by atoms with Crippen molar-refractivity contribution in [2.45, 2.75) is 51.2 Å². The van der Waals surface area contributed by atoms with Gasteiger partial charge >= 0.3 is 5.97 Å². The summed E-state index contributed by atoms with van der Waals surface area (Å²) in [5.41, 5.74) is 2.54. The summed E-state index contributed by atoms with van der Waals surface area (Å²) in [4.78, 5) is 12.1. The van der Waals surface area contributed by atoms with Gasteiger partial charge in [-0.05, 0) is 72.2 Å². The SMILES string of the molecule is CCOC(=O)c1[nH]nc(Br)c1C1CCC(OCc2ccc(OC)cc2)CC1. The van der Waals surface area contributed by atoms with Gasteiger partial charge in [0.15, 0.2) is 0 Å². The third-order valence-electron chi connectivity index (χ3n) is 4.96. The number of rotatable bonds is 7. The Morgan fingerprint density at radius 1 is 1.22 bits per heavy atom. The molecule has 6 nitrogen and oxygen atoms in total. The molecule has 7 heteroatoms. The van der Waals surface area contributed by atoms with Crippen LogP contribution in [0, 0.1) is 0 Å². The lowest BCUT2D eigenvalue weighted by molar-refractivity contribution is 0.0132. The van der Waals surface area contributed by atoms with Crippen LogP contribution in [0.4, 0.5) is 0 Å². The maximum atomic E-state index is 12.1. The van der Waals surface area contributed by atoms with E-state index in [9.17, 15) is 4.79 Å². The number of ether oxygens (including phenoxy) is 3. The molecule has 0 radical (unpaired) electrons. The van der Waals surface area contributed by atoms with Crippen molar-refractivity contribution in [2.24, 2.45) is 0 Å². The lowest BCUT2D eigenvalue weighted by atomic mass is 9.83. The fourth-order valence-corrected chi connectivity index (χ4v) is 4.12. The minimum Gasteiger partial charge on any atom is -0.497 e. The first kappa shape index (κ1) is 19.9. The summed E-state index contributed by atoms with van der Waals surface area (Å²) < 4.78 is 17.1. The fourth-order valence-electron chi connectivity index (χ4n) is 3.51. The first-order chi connectivity index (χ1) is 13.1. The molecule has 0 spiro atoms. The van der Waals surface area contributed by atoms with Crippen molar-refractivity contribution >= 4 is 21.9 Å². The fraction of sp³-hybridized carbons (Fsp3) is 0.500. The number of hydrogen-bond acceptors (Lipinski definition) is 5.